The maximum absolute atomic E-state index is 9.58. The van der Waals surface area contributed by atoms with Gasteiger partial charge in [0, 0.05) is 4.47 Å². The zero-order valence-electron chi connectivity index (χ0n) is 11.0. The molecular weight excluding hydrogens is 288 g/mol. The number of benzene rings is 1. The van der Waals surface area contributed by atoms with Gasteiger partial charge in [-0.1, -0.05) is 53.4 Å². The lowest BCUT2D eigenvalue weighted by Crippen LogP contribution is -2.11. The van der Waals surface area contributed by atoms with Gasteiger partial charge >= 0.3 is 0 Å². The first kappa shape index (κ1) is 13.8. The van der Waals surface area contributed by atoms with E-state index in [2.05, 4.69) is 47.1 Å². The molecule has 2 heteroatoms. The van der Waals surface area contributed by atoms with Crippen molar-refractivity contribution in [3.05, 3.63) is 39.4 Å². The molecule has 0 amide bonds. The zero-order chi connectivity index (χ0) is 13.0. The highest BCUT2D eigenvalue weighted by Gasteiger charge is 2.17. The van der Waals surface area contributed by atoms with Crippen molar-refractivity contribution in [1.29, 1.82) is 0 Å². The van der Waals surface area contributed by atoms with Crippen LogP contribution in [0.5, 0.6) is 0 Å². The predicted octanol–water partition coefficient (Wildman–Crippen LogP) is 4.71. The SMILES string of the molecule is Cc1ccc(/C=C(/CO)C2CCCCC2)cc1Br. The van der Waals surface area contributed by atoms with Crippen LogP contribution in [-0.2, 0) is 0 Å². The molecule has 0 heterocycles. The average Bonchev–Trinajstić information content (AvgIpc) is 2.41. The average molecular weight is 309 g/mol. The number of hydrogen-bond acceptors (Lipinski definition) is 1. The Morgan fingerprint density at radius 2 is 2.06 bits per heavy atom. The van der Waals surface area contributed by atoms with Gasteiger partial charge in [0.15, 0.2) is 0 Å². The van der Waals surface area contributed by atoms with Gasteiger partial charge in [0.2, 0.25) is 0 Å². The van der Waals surface area contributed by atoms with Crippen molar-refractivity contribution in [2.75, 3.05) is 6.61 Å². The van der Waals surface area contributed by atoms with E-state index in [-0.39, 0.29) is 6.61 Å². The lowest BCUT2D eigenvalue weighted by Gasteiger charge is -2.23. The summed E-state index contributed by atoms with van der Waals surface area (Å²) in [5, 5.41) is 9.58. The smallest absolute Gasteiger partial charge is 0.0647 e. The molecule has 1 nitrogen and oxygen atoms in total. The number of aryl methyl sites for hydroxylation is 1. The van der Waals surface area contributed by atoms with E-state index in [0.717, 1.165) is 4.47 Å². The number of aliphatic hydroxyl groups is 1. The fourth-order valence-electron chi connectivity index (χ4n) is 2.68. The van der Waals surface area contributed by atoms with E-state index in [9.17, 15) is 5.11 Å². The van der Waals surface area contributed by atoms with Crippen molar-refractivity contribution >= 4 is 22.0 Å². The highest BCUT2D eigenvalue weighted by Crippen LogP contribution is 2.31. The van der Waals surface area contributed by atoms with E-state index in [0.29, 0.717) is 5.92 Å². The number of aliphatic hydroxyl groups excluding tert-OH is 1. The normalized spacial score (nSPS) is 18.1. The van der Waals surface area contributed by atoms with E-state index in [1.165, 1.54) is 48.8 Å². The van der Waals surface area contributed by atoms with Gasteiger partial charge in [0.1, 0.15) is 0 Å². The molecule has 18 heavy (non-hydrogen) atoms. The molecule has 0 atom stereocenters. The minimum Gasteiger partial charge on any atom is -0.392 e. The molecule has 0 saturated heterocycles. The molecule has 0 aromatic heterocycles. The van der Waals surface area contributed by atoms with Crippen molar-refractivity contribution in [3.63, 3.8) is 0 Å². The molecule has 0 radical (unpaired) electrons. The van der Waals surface area contributed by atoms with Crippen LogP contribution in [0.1, 0.15) is 43.2 Å². The molecule has 1 fully saturated rings. The Morgan fingerprint density at radius 1 is 1.33 bits per heavy atom. The highest BCUT2D eigenvalue weighted by molar-refractivity contribution is 9.10. The molecular formula is C16H21BrO. The molecule has 1 aromatic carbocycles. The van der Waals surface area contributed by atoms with Crippen molar-refractivity contribution in [2.24, 2.45) is 5.92 Å². The quantitative estimate of drug-likeness (QED) is 0.857. The maximum Gasteiger partial charge on any atom is 0.0647 e. The second-order valence-electron chi connectivity index (χ2n) is 5.22. The summed E-state index contributed by atoms with van der Waals surface area (Å²) in [6.45, 7) is 2.28. The van der Waals surface area contributed by atoms with Gasteiger partial charge in [-0.2, -0.15) is 0 Å². The molecule has 0 unspecified atom stereocenters. The Morgan fingerprint density at radius 3 is 2.67 bits per heavy atom. The Bertz CT molecular complexity index is 431. The van der Waals surface area contributed by atoms with Crippen LogP contribution in [0.4, 0.5) is 0 Å². The standard InChI is InChI=1S/C16H21BrO/c1-12-7-8-13(10-16(12)17)9-15(11-18)14-5-3-2-4-6-14/h7-10,14,18H,2-6,11H2,1H3/b15-9-. The minimum absolute atomic E-state index is 0.191. The lowest BCUT2D eigenvalue weighted by atomic mass is 9.83. The van der Waals surface area contributed by atoms with E-state index >= 15 is 0 Å². The van der Waals surface area contributed by atoms with Gasteiger partial charge in [-0.3, -0.25) is 0 Å². The Kier molecular flexibility index (Phi) is 5.02. The topological polar surface area (TPSA) is 20.2 Å². The van der Waals surface area contributed by atoms with Crippen LogP contribution in [0.25, 0.3) is 6.08 Å². The molecule has 0 aliphatic heterocycles. The summed E-state index contributed by atoms with van der Waals surface area (Å²) in [5.74, 6) is 0.587. The Hall–Kier alpha value is -0.600. The molecule has 0 spiro atoms. The molecule has 2 rings (SSSR count). The monoisotopic (exact) mass is 308 g/mol. The second-order valence-corrected chi connectivity index (χ2v) is 6.08. The van der Waals surface area contributed by atoms with E-state index in [1.54, 1.807) is 0 Å². The van der Waals surface area contributed by atoms with Crippen LogP contribution in [0.15, 0.2) is 28.2 Å². The fourth-order valence-corrected chi connectivity index (χ4v) is 3.08. The summed E-state index contributed by atoms with van der Waals surface area (Å²) in [5.41, 5.74) is 3.63. The van der Waals surface area contributed by atoms with Crippen molar-refractivity contribution in [1.82, 2.24) is 0 Å². The largest absolute Gasteiger partial charge is 0.392 e. The third kappa shape index (κ3) is 3.46. The Labute approximate surface area is 118 Å². The van der Waals surface area contributed by atoms with Crippen LogP contribution in [0.3, 0.4) is 0 Å². The van der Waals surface area contributed by atoms with Gasteiger partial charge < -0.3 is 5.11 Å². The van der Waals surface area contributed by atoms with Crippen LogP contribution < -0.4 is 0 Å². The first-order valence-corrected chi connectivity index (χ1v) is 7.57. The maximum atomic E-state index is 9.58. The molecule has 1 saturated carbocycles. The number of halogens is 1. The highest BCUT2D eigenvalue weighted by atomic mass is 79.9. The molecule has 1 aliphatic rings. The summed E-state index contributed by atoms with van der Waals surface area (Å²) >= 11 is 3.56. The second kappa shape index (κ2) is 6.53. The lowest BCUT2D eigenvalue weighted by molar-refractivity contribution is 0.295. The van der Waals surface area contributed by atoms with Crippen molar-refractivity contribution in [3.8, 4) is 0 Å². The van der Waals surface area contributed by atoms with Crippen LogP contribution in [-0.4, -0.2) is 11.7 Å². The molecule has 98 valence electrons. The summed E-state index contributed by atoms with van der Waals surface area (Å²) in [7, 11) is 0. The fraction of sp³-hybridized carbons (Fsp3) is 0.500. The molecule has 0 bridgehead atoms. The first-order valence-electron chi connectivity index (χ1n) is 6.78. The third-order valence-electron chi connectivity index (χ3n) is 3.86. The summed E-state index contributed by atoms with van der Waals surface area (Å²) < 4.78 is 1.14. The van der Waals surface area contributed by atoms with E-state index < -0.39 is 0 Å². The molecule has 1 aromatic rings. The minimum atomic E-state index is 0.191. The van der Waals surface area contributed by atoms with Crippen molar-refractivity contribution < 1.29 is 5.11 Å². The van der Waals surface area contributed by atoms with Crippen molar-refractivity contribution in [2.45, 2.75) is 39.0 Å². The van der Waals surface area contributed by atoms with E-state index in [1.807, 2.05) is 0 Å². The third-order valence-corrected chi connectivity index (χ3v) is 4.71. The first-order chi connectivity index (χ1) is 8.70. The molecule has 1 N–H and O–H groups in total. The van der Waals surface area contributed by atoms with E-state index in [4.69, 9.17) is 0 Å². The van der Waals surface area contributed by atoms with Gasteiger partial charge in [0.25, 0.3) is 0 Å². The van der Waals surface area contributed by atoms with Crippen LogP contribution in [0.2, 0.25) is 0 Å². The van der Waals surface area contributed by atoms with Gasteiger partial charge in [-0.25, -0.2) is 0 Å². The summed E-state index contributed by atoms with van der Waals surface area (Å²) in [6.07, 6.45) is 8.60. The van der Waals surface area contributed by atoms with Gasteiger partial charge in [0.05, 0.1) is 6.61 Å². The summed E-state index contributed by atoms with van der Waals surface area (Å²) in [4.78, 5) is 0. The Balaban J connectivity index is 2.19. The zero-order valence-corrected chi connectivity index (χ0v) is 12.5. The molecule has 1 aliphatic carbocycles. The summed E-state index contributed by atoms with van der Waals surface area (Å²) in [6, 6.07) is 6.37. The van der Waals surface area contributed by atoms with Gasteiger partial charge in [-0.15, -0.1) is 0 Å². The van der Waals surface area contributed by atoms with Crippen LogP contribution >= 0.6 is 15.9 Å². The van der Waals surface area contributed by atoms with Crippen LogP contribution in [0, 0.1) is 12.8 Å². The number of rotatable bonds is 3. The predicted molar refractivity (Wildman–Crippen MR) is 80.5 cm³/mol. The van der Waals surface area contributed by atoms with Gasteiger partial charge in [-0.05, 0) is 48.4 Å². The number of hydrogen-bond donors (Lipinski definition) is 1.